The smallest absolute Gasteiger partial charge is 0.229 e. The molecule has 13 nitrogen and oxygen atoms in total. The normalized spacial score (nSPS) is 33.9. The molecule has 0 radical (unpaired) electrons. The number of aliphatic hydroxyl groups excluding tert-OH is 8. The molecule has 3 aliphatic rings. The van der Waals surface area contributed by atoms with Crippen molar-refractivity contribution < 1.29 is 64.5 Å². The van der Waals surface area contributed by atoms with Crippen LogP contribution in [-0.2, 0) is 33.7 Å². The summed E-state index contributed by atoms with van der Waals surface area (Å²) in [6, 6.07) is 5.41. The molecule has 0 saturated carbocycles. The molecule has 13 heteroatoms. The molecule has 2 aromatic carbocycles. The van der Waals surface area contributed by atoms with E-state index in [0.717, 1.165) is 38.9 Å². The van der Waals surface area contributed by atoms with E-state index in [1.165, 1.54) is 0 Å². The third-order valence-electron chi connectivity index (χ3n) is 8.76. The van der Waals surface area contributed by atoms with Gasteiger partial charge in [0, 0.05) is 0 Å². The van der Waals surface area contributed by atoms with Gasteiger partial charge in [-0.15, -0.1) is 0 Å². The van der Waals surface area contributed by atoms with Gasteiger partial charge in [-0.3, -0.25) is 0 Å². The molecule has 2 aromatic rings. The molecule has 238 valence electrons. The maximum Gasteiger partial charge on any atom is 0.229 e. The molecule has 43 heavy (non-hydrogen) atoms. The fourth-order valence-electron chi connectivity index (χ4n) is 6.18. The lowest BCUT2D eigenvalue weighted by atomic mass is 9.79. The Kier molecular flexibility index (Phi) is 9.61. The summed E-state index contributed by atoms with van der Waals surface area (Å²) in [4.78, 5) is 0. The minimum atomic E-state index is -1.57. The van der Waals surface area contributed by atoms with E-state index in [2.05, 4.69) is 0 Å². The van der Waals surface area contributed by atoms with Crippen LogP contribution in [0.1, 0.15) is 27.8 Å². The molecular formula is C30H40O13. The molecular weight excluding hydrogens is 568 g/mol. The summed E-state index contributed by atoms with van der Waals surface area (Å²) < 4.78 is 28.6. The third kappa shape index (κ3) is 5.76. The molecule has 0 bridgehead atoms. The number of methoxy groups -OCH3 is 1. The van der Waals surface area contributed by atoms with Gasteiger partial charge in [0.25, 0.3) is 0 Å². The minimum Gasteiger partial charge on any atom is -0.496 e. The number of aliphatic hydroxyl groups is 8. The van der Waals surface area contributed by atoms with Crippen molar-refractivity contribution in [2.24, 2.45) is 0 Å². The number of rotatable bonds is 8. The van der Waals surface area contributed by atoms with Crippen molar-refractivity contribution in [3.05, 3.63) is 46.0 Å². The van der Waals surface area contributed by atoms with Gasteiger partial charge in [-0.2, -0.15) is 0 Å². The van der Waals surface area contributed by atoms with Gasteiger partial charge in [-0.25, -0.2) is 0 Å². The summed E-state index contributed by atoms with van der Waals surface area (Å²) in [7, 11) is 1.57. The van der Waals surface area contributed by atoms with E-state index in [9.17, 15) is 40.9 Å². The van der Waals surface area contributed by atoms with Crippen LogP contribution in [0, 0.1) is 13.8 Å². The van der Waals surface area contributed by atoms with Crippen LogP contribution in [0.4, 0.5) is 0 Å². The first-order valence-electron chi connectivity index (χ1n) is 14.2. The molecule has 0 aromatic heterocycles. The Morgan fingerprint density at radius 2 is 1.28 bits per heavy atom. The zero-order chi connectivity index (χ0) is 31.2. The third-order valence-corrected chi connectivity index (χ3v) is 8.76. The maximum absolute atomic E-state index is 10.5. The van der Waals surface area contributed by atoms with Crippen LogP contribution < -0.4 is 9.47 Å². The highest BCUT2D eigenvalue weighted by Crippen LogP contribution is 2.44. The number of ether oxygens (including phenoxy) is 5. The Balaban J connectivity index is 1.46. The molecule has 2 heterocycles. The van der Waals surface area contributed by atoms with E-state index in [1.54, 1.807) is 13.2 Å². The molecule has 2 fully saturated rings. The Labute approximate surface area is 248 Å². The summed E-state index contributed by atoms with van der Waals surface area (Å²) in [5.74, 6) is 1.05. The first-order valence-corrected chi connectivity index (χ1v) is 14.2. The second kappa shape index (κ2) is 12.9. The van der Waals surface area contributed by atoms with Crippen molar-refractivity contribution in [3.8, 4) is 22.6 Å². The van der Waals surface area contributed by atoms with Crippen molar-refractivity contribution in [1.29, 1.82) is 0 Å². The summed E-state index contributed by atoms with van der Waals surface area (Å²) >= 11 is 0. The van der Waals surface area contributed by atoms with Crippen LogP contribution in [-0.4, -0.2) is 123 Å². The predicted octanol–water partition coefficient (Wildman–Crippen LogP) is -1.43. The average molecular weight is 609 g/mol. The lowest BCUT2D eigenvalue weighted by molar-refractivity contribution is -0.304. The lowest BCUT2D eigenvalue weighted by Gasteiger charge is -2.40. The zero-order valence-electron chi connectivity index (χ0n) is 24.2. The Morgan fingerprint density at radius 1 is 0.721 bits per heavy atom. The predicted molar refractivity (Wildman–Crippen MR) is 148 cm³/mol. The van der Waals surface area contributed by atoms with E-state index in [1.807, 2.05) is 26.0 Å². The van der Waals surface area contributed by atoms with E-state index < -0.39 is 74.6 Å². The second-order valence-corrected chi connectivity index (χ2v) is 11.3. The molecule has 8 N–H and O–H groups in total. The molecule has 1 aliphatic carbocycles. The number of benzene rings is 2. The summed E-state index contributed by atoms with van der Waals surface area (Å²) in [6.45, 7) is 2.64. The van der Waals surface area contributed by atoms with Crippen molar-refractivity contribution in [1.82, 2.24) is 0 Å². The summed E-state index contributed by atoms with van der Waals surface area (Å²) in [5, 5.41) is 80.6. The van der Waals surface area contributed by atoms with Gasteiger partial charge in [-0.05, 0) is 77.8 Å². The molecule has 2 saturated heterocycles. The fraction of sp³-hybridized carbons (Fsp3) is 0.600. The van der Waals surface area contributed by atoms with E-state index in [4.69, 9.17) is 23.7 Å². The highest BCUT2D eigenvalue weighted by atomic mass is 16.7. The lowest BCUT2D eigenvalue weighted by Crippen LogP contribution is -2.60. The quantitative estimate of drug-likeness (QED) is 0.173. The molecule has 0 spiro atoms. The highest BCUT2D eigenvalue weighted by Gasteiger charge is 2.46. The molecule has 10 atom stereocenters. The standard InChI is InChI=1S/C30H40O13/c1-12-15-4-5-16-13(2)19(39-3)8-14(11-40-29-27(37)25(35)23(33)20(9-31)42-29)22(16)17(15)6-7-18(12)41-30-28(38)26(36)24(34)21(10-32)43-30/h6-8,20-21,23-38H,4-5,9-11H2,1-3H3. The van der Waals surface area contributed by atoms with Crippen LogP contribution in [0.5, 0.6) is 11.5 Å². The summed E-state index contributed by atoms with van der Waals surface area (Å²) in [6.07, 6.45) is -12.7. The molecule has 5 rings (SSSR count). The van der Waals surface area contributed by atoms with Crippen LogP contribution in [0.15, 0.2) is 18.2 Å². The monoisotopic (exact) mass is 608 g/mol. The first kappa shape index (κ1) is 32.0. The van der Waals surface area contributed by atoms with Crippen molar-refractivity contribution in [2.75, 3.05) is 20.3 Å². The second-order valence-electron chi connectivity index (χ2n) is 11.3. The zero-order valence-corrected chi connectivity index (χ0v) is 24.2. The average Bonchev–Trinajstić information content (AvgIpc) is 3.01. The highest BCUT2D eigenvalue weighted by molar-refractivity contribution is 5.80. The molecule has 0 amide bonds. The largest absolute Gasteiger partial charge is 0.496 e. The number of hydrogen-bond acceptors (Lipinski definition) is 13. The van der Waals surface area contributed by atoms with Gasteiger partial charge in [0.1, 0.15) is 60.3 Å². The van der Waals surface area contributed by atoms with Gasteiger partial charge in [0.15, 0.2) is 6.29 Å². The Morgan fingerprint density at radius 3 is 1.88 bits per heavy atom. The van der Waals surface area contributed by atoms with E-state index in [-0.39, 0.29) is 6.61 Å². The minimum absolute atomic E-state index is 0.0523. The first-order chi connectivity index (χ1) is 20.5. The molecule has 2 aliphatic heterocycles. The van der Waals surface area contributed by atoms with Crippen molar-refractivity contribution >= 4 is 0 Å². The Bertz CT molecular complexity index is 1300. The van der Waals surface area contributed by atoms with Gasteiger partial charge in [0.2, 0.25) is 6.29 Å². The topological polar surface area (TPSA) is 208 Å². The van der Waals surface area contributed by atoms with Crippen molar-refractivity contribution in [3.63, 3.8) is 0 Å². The summed E-state index contributed by atoms with van der Waals surface area (Å²) in [5.41, 5.74) is 6.25. The van der Waals surface area contributed by atoms with Crippen LogP contribution in [0.25, 0.3) is 11.1 Å². The van der Waals surface area contributed by atoms with Gasteiger partial charge >= 0.3 is 0 Å². The van der Waals surface area contributed by atoms with Crippen LogP contribution >= 0.6 is 0 Å². The van der Waals surface area contributed by atoms with Crippen molar-refractivity contribution in [2.45, 2.75) is 94.7 Å². The van der Waals surface area contributed by atoms with E-state index in [0.29, 0.717) is 24.3 Å². The van der Waals surface area contributed by atoms with Gasteiger partial charge in [-0.1, -0.05) is 6.07 Å². The number of hydrogen-bond donors (Lipinski definition) is 8. The fourth-order valence-corrected chi connectivity index (χ4v) is 6.18. The SMILES string of the molecule is COc1cc(COC2OC(CO)C(O)C(O)C2O)c2c(c1C)CCc1c-2ccc(OC2OC(CO)C(O)C(O)C2O)c1C. The van der Waals surface area contributed by atoms with E-state index >= 15 is 0 Å². The maximum atomic E-state index is 10.5. The number of fused-ring (bicyclic) bond motifs is 3. The molecule has 10 unspecified atom stereocenters. The van der Waals surface area contributed by atoms with Crippen LogP contribution in [0.3, 0.4) is 0 Å². The Hall–Kier alpha value is -2.40. The van der Waals surface area contributed by atoms with Gasteiger partial charge < -0.3 is 64.5 Å². The van der Waals surface area contributed by atoms with Gasteiger partial charge in [0.05, 0.1) is 26.9 Å². The van der Waals surface area contributed by atoms with Crippen LogP contribution in [0.2, 0.25) is 0 Å².